The van der Waals surface area contributed by atoms with E-state index in [1.807, 2.05) is 12.1 Å². The topological polar surface area (TPSA) is 29.3 Å². The van der Waals surface area contributed by atoms with Crippen LogP contribution in [0, 0.1) is 11.7 Å². The smallest absolute Gasteiger partial charge is 0.128 e. The van der Waals surface area contributed by atoms with Crippen molar-refractivity contribution in [3.05, 3.63) is 35.6 Å². The van der Waals surface area contributed by atoms with E-state index in [1.54, 1.807) is 6.07 Å². The van der Waals surface area contributed by atoms with Crippen molar-refractivity contribution in [1.82, 2.24) is 4.90 Å². The molecule has 2 N–H and O–H groups in total. The predicted octanol–water partition coefficient (Wildman–Crippen LogP) is 2.56. The fraction of sp³-hybridized carbons (Fsp3) is 0.571. The quantitative estimate of drug-likeness (QED) is 0.822. The average molecular weight is 236 g/mol. The van der Waals surface area contributed by atoms with Crippen LogP contribution in [0.25, 0.3) is 0 Å². The monoisotopic (exact) mass is 236 g/mol. The fourth-order valence-electron chi connectivity index (χ4n) is 2.33. The summed E-state index contributed by atoms with van der Waals surface area (Å²) in [6.07, 6.45) is 2.62. The molecule has 1 saturated carbocycles. The molecule has 0 heterocycles. The molecular formula is C14H21FN2. The number of rotatable bonds is 6. The van der Waals surface area contributed by atoms with Gasteiger partial charge in [-0.3, -0.25) is 4.90 Å². The maximum atomic E-state index is 13.8. The highest BCUT2D eigenvalue weighted by atomic mass is 19.1. The van der Waals surface area contributed by atoms with Crippen LogP contribution in [0.15, 0.2) is 24.3 Å². The molecule has 1 unspecified atom stereocenters. The zero-order valence-corrected chi connectivity index (χ0v) is 10.4. The van der Waals surface area contributed by atoms with Gasteiger partial charge in [0, 0.05) is 24.7 Å². The molecule has 0 aromatic heterocycles. The first-order chi connectivity index (χ1) is 8.26. The van der Waals surface area contributed by atoms with E-state index in [4.69, 9.17) is 5.73 Å². The Bertz CT molecular complexity index is 363. The minimum Gasteiger partial charge on any atom is -0.329 e. The Labute approximate surface area is 103 Å². The minimum atomic E-state index is -0.141. The summed E-state index contributed by atoms with van der Waals surface area (Å²) in [5.41, 5.74) is 6.57. The number of hydrogen-bond acceptors (Lipinski definition) is 2. The molecular weight excluding hydrogens is 215 g/mol. The van der Waals surface area contributed by atoms with Crippen LogP contribution in [-0.4, -0.2) is 24.5 Å². The normalized spacial score (nSPS) is 17.4. The molecule has 1 aromatic carbocycles. The van der Waals surface area contributed by atoms with Crippen LogP contribution in [0.5, 0.6) is 0 Å². The maximum Gasteiger partial charge on any atom is 0.128 e. The van der Waals surface area contributed by atoms with Crippen molar-refractivity contribution in [2.45, 2.75) is 25.8 Å². The van der Waals surface area contributed by atoms with E-state index in [0.717, 1.165) is 24.6 Å². The second kappa shape index (κ2) is 5.61. The van der Waals surface area contributed by atoms with Gasteiger partial charge in [0.15, 0.2) is 0 Å². The van der Waals surface area contributed by atoms with Gasteiger partial charge in [-0.2, -0.15) is 0 Å². The first-order valence-corrected chi connectivity index (χ1v) is 6.44. The molecule has 2 nitrogen and oxygen atoms in total. The standard InChI is InChI=1S/C14H21FN2/c1-2-17(10-11-7-8-11)14(9-16)12-5-3-4-6-13(12)15/h3-6,11,14H,2,7-10,16H2,1H3. The van der Waals surface area contributed by atoms with Gasteiger partial charge in [-0.15, -0.1) is 0 Å². The fourth-order valence-corrected chi connectivity index (χ4v) is 2.33. The molecule has 1 atom stereocenters. The van der Waals surface area contributed by atoms with Crippen LogP contribution < -0.4 is 5.73 Å². The average Bonchev–Trinajstić information content (AvgIpc) is 3.15. The third-order valence-corrected chi connectivity index (χ3v) is 3.52. The Morgan fingerprint density at radius 3 is 2.65 bits per heavy atom. The van der Waals surface area contributed by atoms with Crippen LogP contribution in [0.2, 0.25) is 0 Å². The van der Waals surface area contributed by atoms with E-state index in [1.165, 1.54) is 18.9 Å². The number of likely N-dealkylation sites (N-methyl/N-ethyl adjacent to an activating group) is 1. The second-order valence-corrected chi connectivity index (χ2v) is 4.80. The summed E-state index contributed by atoms with van der Waals surface area (Å²) in [6, 6.07) is 6.99. The number of nitrogens with two attached hydrogens (primary N) is 1. The van der Waals surface area contributed by atoms with E-state index < -0.39 is 0 Å². The van der Waals surface area contributed by atoms with Gasteiger partial charge in [0.2, 0.25) is 0 Å². The lowest BCUT2D eigenvalue weighted by molar-refractivity contribution is 0.199. The summed E-state index contributed by atoms with van der Waals surface area (Å²) in [5.74, 6) is 0.660. The molecule has 17 heavy (non-hydrogen) atoms. The minimum absolute atomic E-state index is 0.0156. The van der Waals surface area contributed by atoms with E-state index in [9.17, 15) is 4.39 Å². The van der Waals surface area contributed by atoms with E-state index >= 15 is 0 Å². The summed E-state index contributed by atoms with van der Waals surface area (Å²) in [6.45, 7) is 4.56. The summed E-state index contributed by atoms with van der Waals surface area (Å²) in [4.78, 5) is 2.30. The molecule has 1 fully saturated rings. The molecule has 3 heteroatoms. The molecule has 94 valence electrons. The third-order valence-electron chi connectivity index (χ3n) is 3.52. The Balaban J connectivity index is 2.15. The van der Waals surface area contributed by atoms with Gasteiger partial charge in [-0.1, -0.05) is 25.1 Å². The van der Waals surface area contributed by atoms with Crippen LogP contribution >= 0.6 is 0 Å². The molecule has 1 aromatic rings. The van der Waals surface area contributed by atoms with Crippen molar-refractivity contribution in [2.75, 3.05) is 19.6 Å². The van der Waals surface area contributed by atoms with Gasteiger partial charge in [0.05, 0.1) is 0 Å². The SMILES string of the molecule is CCN(CC1CC1)C(CN)c1ccccc1F. The number of hydrogen-bond donors (Lipinski definition) is 1. The molecule has 1 aliphatic carbocycles. The van der Waals surface area contributed by atoms with Crippen molar-refractivity contribution in [2.24, 2.45) is 11.7 Å². The van der Waals surface area contributed by atoms with E-state index in [2.05, 4.69) is 11.8 Å². The molecule has 0 bridgehead atoms. The molecule has 0 saturated heterocycles. The number of benzene rings is 1. The van der Waals surface area contributed by atoms with Crippen LogP contribution in [-0.2, 0) is 0 Å². The van der Waals surface area contributed by atoms with Crippen molar-refractivity contribution < 1.29 is 4.39 Å². The second-order valence-electron chi connectivity index (χ2n) is 4.80. The first kappa shape index (κ1) is 12.5. The van der Waals surface area contributed by atoms with E-state index in [0.29, 0.717) is 6.54 Å². The lowest BCUT2D eigenvalue weighted by Gasteiger charge is -2.30. The van der Waals surface area contributed by atoms with Crippen molar-refractivity contribution in [3.63, 3.8) is 0 Å². The van der Waals surface area contributed by atoms with Crippen LogP contribution in [0.3, 0.4) is 0 Å². The molecule has 0 radical (unpaired) electrons. The van der Waals surface area contributed by atoms with Crippen molar-refractivity contribution in [1.29, 1.82) is 0 Å². The van der Waals surface area contributed by atoms with Crippen LogP contribution in [0.4, 0.5) is 4.39 Å². The summed E-state index contributed by atoms with van der Waals surface area (Å²) < 4.78 is 13.8. The van der Waals surface area contributed by atoms with Gasteiger partial charge in [-0.05, 0) is 31.4 Å². The Hall–Kier alpha value is -0.930. The van der Waals surface area contributed by atoms with Crippen molar-refractivity contribution in [3.8, 4) is 0 Å². The van der Waals surface area contributed by atoms with Crippen LogP contribution in [0.1, 0.15) is 31.4 Å². The lowest BCUT2D eigenvalue weighted by atomic mass is 10.0. The molecule has 0 spiro atoms. The van der Waals surface area contributed by atoms with Gasteiger partial charge in [-0.25, -0.2) is 4.39 Å². The van der Waals surface area contributed by atoms with Crippen molar-refractivity contribution >= 4 is 0 Å². The lowest BCUT2D eigenvalue weighted by Crippen LogP contribution is -2.35. The maximum absolute atomic E-state index is 13.8. The number of nitrogens with zero attached hydrogens (tertiary/aromatic N) is 1. The molecule has 2 rings (SSSR count). The molecule has 1 aliphatic rings. The van der Waals surface area contributed by atoms with E-state index in [-0.39, 0.29) is 11.9 Å². The first-order valence-electron chi connectivity index (χ1n) is 6.44. The van der Waals surface area contributed by atoms with Gasteiger partial charge >= 0.3 is 0 Å². The van der Waals surface area contributed by atoms with Gasteiger partial charge < -0.3 is 5.73 Å². The highest BCUT2D eigenvalue weighted by Gasteiger charge is 2.28. The predicted molar refractivity (Wildman–Crippen MR) is 68.2 cm³/mol. The zero-order valence-electron chi connectivity index (χ0n) is 10.4. The highest BCUT2D eigenvalue weighted by Crippen LogP contribution is 2.32. The highest BCUT2D eigenvalue weighted by molar-refractivity contribution is 5.21. The summed E-state index contributed by atoms with van der Waals surface area (Å²) in [7, 11) is 0. The summed E-state index contributed by atoms with van der Waals surface area (Å²) in [5, 5.41) is 0. The summed E-state index contributed by atoms with van der Waals surface area (Å²) >= 11 is 0. The Morgan fingerprint density at radius 1 is 1.41 bits per heavy atom. The number of halogens is 1. The Morgan fingerprint density at radius 2 is 2.12 bits per heavy atom. The van der Waals surface area contributed by atoms with Gasteiger partial charge in [0.1, 0.15) is 5.82 Å². The third kappa shape index (κ3) is 3.05. The zero-order chi connectivity index (χ0) is 12.3. The largest absolute Gasteiger partial charge is 0.329 e. The van der Waals surface area contributed by atoms with Gasteiger partial charge in [0.25, 0.3) is 0 Å². The Kier molecular flexibility index (Phi) is 4.13. The molecule has 0 aliphatic heterocycles. The molecule has 0 amide bonds.